The van der Waals surface area contributed by atoms with E-state index in [1.54, 1.807) is 11.4 Å². The molecule has 9 heteroatoms. The van der Waals surface area contributed by atoms with E-state index in [-0.39, 0.29) is 5.91 Å². The predicted molar refractivity (Wildman–Crippen MR) is 104 cm³/mol. The summed E-state index contributed by atoms with van der Waals surface area (Å²) in [5.41, 5.74) is 9.64. The van der Waals surface area contributed by atoms with Crippen molar-refractivity contribution in [2.24, 2.45) is 5.73 Å². The van der Waals surface area contributed by atoms with E-state index in [2.05, 4.69) is 25.4 Å². The first-order chi connectivity index (χ1) is 13.0. The van der Waals surface area contributed by atoms with Gasteiger partial charge in [-0.1, -0.05) is 17.4 Å². The van der Waals surface area contributed by atoms with Crippen molar-refractivity contribution in [3.8, 4) is 21.8 Å². The van der Waals surface area contributed by atoms with Crippen molar-refractivity contribution in [1.29, 1.82) is 0 Å². The Bertz CT molecular complexity index is 1130. The number of fused-ring (bicyclic) bond motifs is 1. The molecule has 0 aliphatic carbocycles. The molecule has 136 valence electrons. The van der Waals surface area contributed by atoms with Crippen molar-refractivity contribution < 1.29 is 4.79 Å². The molecule has 0 bridgehead atoms. The van der Waals surface area contributed by atoms with E-state index in [4.69, 9.17) is 5.73 Å². The average molecular weight is 379 g/mol. The smallest absolute Gasteiger partial charge is 0.242 e. The van der Waals surface area contributed by atoms with Gasteiger partial charge in [-0.3, -0.25) is 9.78 Å². The molecule has 0 aliphatic heterocycles. The number of hydrogen-bond acceptors (Lipinski definition) is 7. The summed E-state index contributed by atoms with van der Waals surface area (Å²) in [6, 6.07) is 8.97. The van der Waals surface area contributed by atoms with Crippen LogP contribution in [0.3, 0.4) is 0 Å². The van der Waals surface area contributed by atoms with Crippen LogP contribution in [0.25, 0.3) is 27.5 Å². The van der Waals surface area contributed by atoms with Crippen LogP contribution in [0.5, 0.6) is 0 Å². The van der Waals surface area contributed by atoms with Gasteiger partial charge in [0, 0.05) is 17.5 Å². The molecule has 1 amide bonds. The summed E-state index contributed by atoms with van der Waals surface area (Å²) in [5.74, 6) is -0.286. The molecule has 0 unspecified atom stereocenters. The van der Waals surface area contributed by atoms with Gasteiger partial charge in [-0.2, -0.15) is 5.10 Å². The summed E-state index contributed by atoms with van der Waals surface area (Å²) in [4.78, 5) is 26.2. The molecule has 0 saturated heterocycles. The van der Waals surface area contributed by atoms with E-state index >= 15 is 0 Å². The van der Waals surface area contributed by atoms with E-state index in [9.17, 15) is 4.79 Å². The Labute approximate surface area is 159 Å². The Kier molecular flexibility index (Phi) is 4.38. The highest BCUT2D eigenvalue weighted by Gasteiger charge is 2.19. The Hall–Kier alpha value is -3.17. The lowest BCUT2D eigenvalue weighted by Gasteiger charge is -2.03. The molecule has 4 rings (SSSR count). The summed E-state index contributed by atoms with van der Waals surface area (Å²) >= 11 is 1.37. The van der Waals surface area contributed by atoms with Gasteiger partial charge in [-0.05, 0) is 38.1 Å². The number of nitrogens with one attached hydrogen (secondary N) is 1. The lowest BCUT2D eigenvalue weighted by Crippen LogP contribution is -2.32. The molecule has 8 nitrogen and oxygen atoms in total. The third-order valence-corrected chi connectivity index (χ3v) is 4.96. The number of nitrogens with two attached hydrogens (primary N) is 1. The Morgan fingerprint density at radius 1 is 1.26 bits per heavy atom. The van der Waals surface area contributed by atoms with Gasteiger partial charge < -0.3 is 11.1 Å². The van der Waals surface area contributed by atoms with E-state index in [1.165, 1.54) is 17.7 Å². The molecule has 27 heavy (non-hydrogen) atoms. The first kappa shape index (κ1) is 17.3. The molecular formula is C18H17N7OS. The van der Waals surface area contributed by atoms with E-state index in [0.717, 1.165) is 27.5 Å². The molecule has 0 aromatic carbocycles. The van der Waals surface area contributed by atoms with Gasteiger partial charge in [-0.15, -0.1) is 0 Å². The molecule has 4 aromatic heterocycles. The third kappa shape index (κ3) is 3.42. The minimum Gasteiger partial charge on any atom is -0.320 e. The molecule has 0 spiro atoms. The third-order valence-electron chi connectivity index (χ3n) is 3.94. The highest BCUT2D eigenvalue weighted by atomic mass is 32.1. The number of nitrogens with zero attached hydrogens (tertiary/aromatic N) is 5. The molecule has 1 atom stereocenters. The van der Waals surface area contributed by atoms with Gasteiger partial charge in [0.2, 0.25) is 5.91 Å². The zero-order chi connectivity index (χ0) is 19.0. The molecule has 0 radical (unpaired) electrons. The molecule has 0 saturated carbocycles. The van der Waals surface area contributed by atoms with Crippen molar-refractivity contribution in [3.63, 3.8) is 0 Å². The lowest BCUT2D eigenvalue weighted by atomic mass is 10.1. The molecular weight excluding hydrogens is 362 g/mol. The first-order valence-electron chi connectivity index (χ1n) is 8.32. The van der Waals surface area contributed by atoms with Crippen molar-refractivity contribution >= 4 is 28.0 Å². The number of aromatic nitrogens is 5. The zero-order valence-electron chi connectivity index (χ0n) is 14.7. The maximum atomic E-state index is 12.0. The molecule has 3 N–H and O–H groups in total. The summed E-state index contributed by atoms with van der Waals surface area (Å²) in [6.07, 6.45) is 3.38. The van der Waals surface area contributed by atoms with Crippen LogP contribution in [0.15, 0.2) is 42.9 Å². The van der Waals surface area contributed by atoms with Crippen LogP contribution >= 0.6 is 11.3 Å². The van der Waals surface area contributed by atoms with Crippen LogP contribution in [0, 0.1) is 6.92 Å². The number of hydrogen-bond donors (Lipinski definition) is 2. The van der Waals surface area contributed by atoms with Gasteiger partial charge in [0.25, 0.3) is 0 Å². The predicted octanol–water partition coefficient (Wildman–Crippen LogP) is 2.51. The lowest BCUT2D eigenvalue weighted by molar-refractivity contribution is -0.117. The van der Waals surface area contributed by atoms with E-state index in [0.29, 0.717) is 10.8 Å². The highest BCUT2D eigenvalue weighted by Crippen LogP contribution is 2.38. The van der Waals surface area contributed by atoms with Crippen LogP contribution < -0.4 is 11.1 Å². The molecule has 4 aromatic rings. The Balaban J connectivity index is 1.84. The van der Waals surface area contributed by atoms with Crippen LogP contribution in [-0.2, 0) is 4.79 Å². The second-order valence-electron chi connectivity index (χ2n) is 6.12. The van der Waals surface area contributed by atoms with E-state index in [1.807, 2.05) is 43.5 Å². The fraction of sp³-hybridized carbons (Fsp3) is 0.167. The van der Waals surface area contributed by atoms with E-state index < -0.39 is 6.04 Å². The number of thiazole rings is 1. The number of rotatable bonds is 4. The number of carbonyl (C=O) groups excluding carboxylic acids is 1. The summed E-state index contributed by atoms with van der Waals surface area (Å²) in [5, 5.41) is 7.43. The van der Waals surface area contributed by atoms with Crippen LogP contribution in [0.1, 0.15) is 12.6 Å². The second-order valence-corrected chi connectivity index (χ2v) is 7.12. The van der Waals surface area contributed by atoms with Crippen molar-refractivity contribution in [1.82, 2.24) is 24.6 Å². The summed E-state index contributed by atoms with van der Waals surface area (Å²) < 4.78 is 1.70. The fourth-order valence-electron chi connectivity index (χ4n) is 2.59. The Morgan fingerprint density at radius 2 is 2.11 bits per heavy atom. The first-order valence-corrected chi connectivity index (χ1v) is 9.14. The largest absolute Gasteiger partial charge is 0.320 e. The van der Waals surface area contributed by atoms with Gasteiger partial charge in [0.15, 0.2) is 10.8 Å². The van der Waals surface area contributed by atoms with Gasteiger partial charge in [0.1, 0.15) is 12.0 Å². The van der Waals surface area contributed by atoms with Gasteiger partial charge in [0.05, 0.1) is 16.6 Å². The number of pyridine rings is 2. The molecule has 0 aliphatic rings. The number of amides is 1. The minimum atomic E-state index is -0.621. The van der Waals surface area contributed by atoms with Crippen molar-refractivity contribution in [2.75, 3.05) is 5.32 Å². The normalized spacial score (nSPS) is 12.3. The summed E-state index contributed by atoms with van der Waals surface area (Å²) in [7, 11) is 0. The van der Waals surface area contributed by atoms with Crippen LogP contribution in [0.4, 0.5) is 5.13 Å². The molecule has 0 fully saturated rings. The highest BCUT2D eigenvalue weighted by molar-refractivity contribution is 7.19. The zero-order valence-corrected chi connectivity index (χ0v) is 15.6. The van der Waals surface area contributed by atoms with Gasteiger partial charge >= 0.3 is 0 Å². The number of carbonyl (C=O) groups is 1. The van der Waals surface area contributed by atoms with Gasteiger partial charge in [-0.25, -0.2) is 14.5 Å². The maximum absolute atomic E-state index is 12.0. The quantitative estimate of drug-likeness (QED) is 0.564. The fourth-order valence-corrected chi connectivity index (χ4v) is 3.56. The second kappa shape index (κ2) is 6.86. The topological polar surface area (TPSA) is 111 Å². The average Bonchev–Trinajstić information content (AvgIpc) is 3.27. The SMILES string of the molecule is Cc1cccc(-c2nc(NC(=O)[C@H](C)N)sc2-c2ccc3ncnn3c2)n1. The standard InChI is InChI=1S/C18H17N7OS/c1-10-4-3-5-13(22-10)15-16(27-18(23-15)24-17(26)11(2)19)12-6-7-14-20-9-21-25(14)8-12/h3-9,11H,19H2,1-2H3,(H,23,24,26)/t11-/m0/s1. The minimum absolute atomic E-state index is 0.286. The number of aryl methyl sites for hydroxylation is 1. The van der Waals surface area contributed by atoms with Crippen molar-refractivity contribution in [2.45, 2.75) is 19.9 Å². The summed E-state index contributed by atoms with van der Waals surface area (Å²) in [6.45, 7) is 3.56. The van der Waals surface area contributed by atoms with Crippen molar-refractivity contribution in [3.05, 3.63) is 48.5 Å². The number of anilines is 1. The maximum Gasteiger partial charge on any atom is 0.242 e. The monoisotopic (exact) mass is 379 g/mol. The molecule has 4 heterocycles. The van der Waals surface area contributed by atoms with Crippen LogP contribution in [0.2, 0.25) is 0 Å². The Morgan fingerprint density at radius 3 is 2.89 bits per heavy atom. The van der Waals surface area contributed by atoms with Crippen LogP contribution in [-0.4, -0.2) is 36.5 Å².